The highest BCUT2D eigenvalue weighted by Crippen LogP contribution is 2.11. The quantitative estimate of drug-likeness (QED) is 0.666. The first-order valence-corrected chi connectivity index (χ1v) is 8.09. The molecule has 0 fully saturated rings. The average Bonchev–Trinajstić information content (AvgIpc) is 2.64. The molecule has 0 aliphatic heterocycles. The van der Waals surface area contributed by atoms with Crippen LogP contribution in [0.15, 0.2) is 60.8 Å². The fourth-order valence-corrected chi connectivity index (χ4v) is 2.52. The van der Waals surface area contributed by atoms with Crippen LogP contribution < -0.4 is 0 Å². The zero-order valence-electron chi connectivity index (χ0n) is 13.9. The number of carbonyl (C=O) groups is 1. The minimum atomic E-state index is -0.303. The third kappa shape index (κ3) is 4.26. The Kier molecular flexibility index (Phi) is 5.14. The number of halogens is 1. The summed E-state index contributed by atoms with van der Waals surface area (Å²) >= 11 is 0. The van der Waals surface area contributed by atoms with Crippen molar-refractivity contribution in [2.45, 2.75) is 13.5 Å². The Bertz CT molecular complexity index is 923. The first kappa shape index (κ1) is 16.8. The lowest BCUT2D eigenvalue weighted by Gasteiger charge is -2.19. The molecule has 0 atom stereocenters. The molecular formula is C20H18FN3O. The van der Waals surface area contributed by atoms with E-state index in [-0.39, 0.29) is 11.7 Å². The summed E-state index contributed by atoms with van der Waals surface area (Å²) in [5.74, 6) is -0.454. The van der Waals surface area contributed by atoms with E-state index in [9.17, 15) is 9.18 Å². The predicted octanol–water partition coefficient (Wildman–Crippen LogP) is 3.83. The SMILES string of the molecule is CCN(Cc1cccc(F)c1)C(=O)/C=C/c1cnc2ccccc2n1. The molecule has 3 aromatic rings. The van der Waals surface area contributed by atoms with E-state index in [0.29, 0.717) is 18.8 Å². The van der Waals surface area contributed by atoms with Gasteiger partial charge in [0.15, 0.2) is 0 Å². The lowest BCUT2D eigenvalue weighted by molar-refractivity contribution is -0.126. The number of likely N-dealkylation sites (N-methyl/N-ethyl adjacent to an activating group) is 1. The van der Waals surface area contributed by atoms with Crippen LogP contribution >= 0.6 is 0 Å². The summed E-state index contributed by atoms with van der Waals surface area (Å²) in [5.41, 5.74) is 2.97. The molecule has 1 heterocycles. The summed E-state index contributed by atoms with van der Waals surface area (Å²) in [5, 5.41) is 0. The molecule has 4 nitrogen and oxygen atoms in total. The van der Waals surface area contributed by atoms with E-state index in [1.165, 1.54) is 18.2 Å². The Balaban J connectivity index is 1.72. The maximum atomic E-state index is 13.3. The van der Waals surface area contributed by atoms with Gasteiger partial charge in [0.05, 0.1) is 22.9 Å². The van der Waals surface area contributed by atoms with Crippen molar-refractivity contribution < 1.29 is 9.18 Å². The van der Waals surface area contributed by atoms with Gasteiger partial charge in [-0.2, -0.15) is 0 Å². The van der Waals surface area contributed by atoms with Crippen LogP contribution in [0.3, 0.4) is 0 Å². The molecule has 0 saturated heterocycles. The molecule has 0 aliphatic rings. The van der Waals surface area contributed by atoms with Crippen molar-refractivity contribution in [1.29, 1.82) is 0 Å². The highest BCUT2D eigenvalue weighted by molar-refractivity contribution is 5.91. The number of fused-ring (bicyclic) bond motifs is 1. The molecule has 0 saturated carbocycles. The number of amides is 1. The van der Waals surface area contributed by atoms with Crippen molar-refractivity contribution in [3.05, 3.63) is 77.9 Å². The Morgan fingerprint density at radius 3 is 2.72 bits per heavy atom. The summed E-state index contributed by atoms with van der Waals surface area (Å²) in [7, 11) is 0. The molecule has 1 aromatic heterocycles. The predicted molar refractivity (Wildman–Crippen MR) is 96.1 cm³/mol. The standard InChI is InChI=1S/C20H18FN3O/c1-2-24(14-15-6-5-7-16(21)12-15)20(25)11-10-17-13-22-18-8-3-4-9-19(18)23-17/h3-13H,2,14H2,1H3/b11-10+. The maximum absolute atomic E-state index is 13.3. The van der Waals surface area contributed by atoms with E-state index in [1.54, 1.807) is 29.3 Å². The zero-order chi connectivity index (χ0) is 17.6. The monoisotopic (exact) mass is 335 g/mol. The second-order valence-corrected chi connectivity index (χ2v) is 5.60. The van der Waals surface area contributed by atoms with Crippen molar-refractivity contribution in [3.8, 4) is 0 Å². The zero-order valence-corrected chi connectivity index (χ0v) is 13.9. The first-order valence-electron chi connectivity index (χ1n) is 8.09. The number of rotatable bonds is 5. The smallest absolute Gasteiger partial charge is 0.246 e. The number of para-hydroxylation sites is 2. The van der Waals surface area contributed by atoms with Gasteiger partial charge in [-0.25, -0.2) is 9.37 Å². The van der Waals surface area contributed by atoms with E-state index in [2.05, 4.69) is 9.97 Å². The molecule has 5 heteroatoms. The van der Waals surface area contributed by atoms with E-state index < -0.39 is 0 Å². The van der Waals surface area contributed by atoms with Crippen LogP contribution in [0.25, 0.3) is 17.1 Å². The van der Waals surface area contributed by atoms with E-state index in [1.807, 2.05) is 31.2 Å². The van der Waals surface area contributed by atoms with Gasteiger partial charge in [0.25, 0.3) is 0 Å². The molecule has 2 aromatic carbocycles. The van der Waals surface area contributed by atoms with Crippen LogP contribution in [0.2, 0.25) is 0 Å². The number of hydrogen-bond donors (Lipinski definition) is 0. The van der Waals surface area contributed by atoms with Crippen molar-refractivity contribution >= 4 is 23.0 Å². The lowest BCUT2D eigenvalue weighted by atomic mass is 10.2. The third-order valence-corrected chi connectivity index (χ3v) is 3.82. The van der Waals surface area contributed by atoms with E-state index in [0.717, 1.165) is 16.6 Å². The van der Waals surface area contributed by atoms with Gasteiger partial charge in [-0.15, -0.1) is 0 Å². The minimum Gasteiger partial charge on any atom is -0.335 e. The fourth-order valence-electron chi connectivity index (χ4n) is 2.52. The molecular weight excluding hydrogens is 317 g/mol. The van der Waals surface area contributed by atoms with Crippen molar-refractivity contribution in [2.75, 3.05) is 6.54 Å². The van der Waals surface area contributed by atoms with Gasteiger partial charge in [0.1, 0.15) is 5.82 Å². The second kappa shape index (κ2) is 7.66. The molecule has 0 bridgehead atoms. The molecule has 25 heavy (non-hydrogen) atoms. The Morgan fingerprint density at radius 1 is 1.16 bits per heavy atom. The van der Waals surface area contributed by atoms with Crippen LogP contribution in [0.5, 0.6) is 0 Å². The van der Waals surface area contributed by atoms with Gasteiger partial charge < -0.3 is 4.90 Å². The number of hydrogen-bond acceptors (Lipinski definition) is 3. The van der Waals surface area contributed by atoms with Crippen LogP contribution in [0.1, 0.15) is 18.2 Å². The molecule has 126 valence electrons. The molecule has 0 radical (unpaired) electrons. The van der Waals surface area contributed by atoms with E-state index >= 15 is 0 Å². The summed E-state index contributed by atoms with van der Waals surface area (Å²) in [6.45, 7) is 2.78. The normalized spacial score (nSPS) is 11.1. The summed E-state index contributed by atoms with van der Waals surface area (Å²) in [6.07, 6.45) is 4.76. The highest BCUT2D eigenvalue weighted by atomic mass is 19.1. The van der Waals surface area contributed by atoms with Crippen LogP contribution in [0.4, 0.5) is 4.39 Å². The van der Waals surface area contributed by atoms with Gasteiger partial charge in [0, 0.05) is 19.2 Å². The van der Waals surface area contributed by atoms with Crippen molar-refractivity contribution in [1.82, 2.24) is 14.9 Å². The molecule has 0 aliphatic carbocycles. The maximum Gasteiger partial charge on any atom is 0.246 e. The summed E-state index contributed by atoms with van der Waals surface area (Å²) < 4.78 is 13.3. The van der Waals surface area contributed by atoms with E-state index in [4.69, 9.17) is 0 Å². The summed E-state index contributed by atoms with van der Waals surface area (Å²) in [4.78, 5) is 22.8. The summed E-state index contributed by atoms with van der Waals surface area (Å²) in [6, 6.07) is 13.8. The molecule has 3 rings (SSSR count). The molecule has 0 unspecified atom stereocenters. The van der Waals surface area contributed by atoms with Crippen molar-refractivity contribution in [2.24, 2.45) is 0 Å². The van der Waals surface area contributed by atoms with Crippen LogP contribution in [0, 0.1) is 5.82 Å². The first-order chi connectivity index (χ1) is 12.2. The van der Waals surface area contributed by atoms with Gasteiger partial charge in [-0.1, -0.05) is 24.3 Å². The molecule has 1 amide bonds. The van der Waals surface area contributed by atoms with Gasteiger partial charge in [0.2, 0.25) is 5.91 Å². The fraction of sp³-hybridized carbons (Fsp3) is 0.150. The molecule has 0 N–H and O–H groups in total. The highest BCUT2D eigenvalue weighted by Gasteiger charge is 2.09. The second-order valence-electron chi connectivity index (χ2n) is 5.60. The topological polar surface area (TPSA) is 46.1 Å². The minimum absolute atomic E-state index is 0.151. The van der Waals surface area contributed by atoms with Gasteiger partial charge in [-0.3, -0.25) is 9.78 Å². The van der Waals surface area contributed by atoms with Crippen molar-refractivity contribution in [3.63, 3.8) is 0 Å². The largest absolute Gasteiger partial charge is 0.335 e. The number of nitrogens with zero attached hydrogens (tertiary/aromatic N) is 3. The number of benzene rings is 2. The van der Waals surface area contributed by atoms with Crippen LogP contribution in [-0.2, 0) is 11.3 Å². The van der Waals surface area contributed by atoms with Gasteiger partial charge in [-0.05, 0) is 42.8 Å². The average molecular weight is 335 g/mol. The Hall–Kier alpha value is -3.08. The number of carbonyl (C=O) groups excluding carboxylic acids is 1. The van der Waals surface area contributed by atoms with Crippen LogP contribution in [-0.4, -0.2) is 27.3 Å². The lowest BCUT2D eigenvalue weighted by Crippen LogP contribution is -2.28. The Morgan fingerprint density at radius 2 is 1.96 bits per heavy atom. The Labute approximate surface area is 145 Å². The number of aromatic nitrogens is 2. The molecule has 0 spiro atoms. The third-order valence-electron chi connectivity index (χ3n) is 3.82. The van der Waals surface area contributed by atoms with Gasteiger partial charge >= 0.3 is 0 Å².